The summed E-state index contributed by atoms with van der Waals surface area (Å²) >= 11 is 0. The highest BCUT2D eigenvalue weighted by Gasteiger charge is 2.31. The van der Waals surface area contributed by atoms with Gasteiger partial charge < -0.3 is 5.21 Å². The Balaban J connectivity index is 1.83. The molecule has 1 atom stereocenters. The zero-order chi connectivity index (χ0) is 16.6. The lowest BCUT2D eigenvalue weighted by Gasteiger charge is -2.18. The molecule has 0 bridgehead atoms. The minimum atomic E-state index is -0.368. The van der Waals surface area contributed by atoms with Crippen LogP contribution in [0.3, 0.4) is 0 Å². The molecule has 0 fully saturated rings. The summed E-state index contributed by atoms with van der Waals surface area (Å²) in [4.78, 5) is 12.4. The number of nitrogens with zero attached hydrogens (tertiary/aromatic N) is 1. The number of carbonyl (C=O) groups excluding carboxylic acids is 1. The normalized spacial score (nSPS) is 18.1. The van der Waals surface area contributed by atoms with E-state index < -0.39 is 0 Å². The molecule has 2 aromatic carbocycles. The van der Waals surface area contributed by atoms with Gasteiger partial charge in [-0.1, -0.05) is 57.2 Å². The summed E-state index contributed by atoms with van der Waals surface area (Å²) in [6, 6.07) is 15.1. The van der Waals surface area contributed by atoms with E-state index in [1.54, 1.807) is 0 Å². The standard InChI is InChI=1S/C20H21NO2/c1-20(2,3)16-8-10-17(11-9-16)21(23)13-15-12-14-6-4-5-7-18(14)19(15)22/h4-11,13,15H,12H2,1-3H3/b21-13-. The molecule has 0 aromatic heterocycles. The minimum absolute atomic E-state index is 0.0350. The fourth-order valence-corrected chi connectivity index (χ4v) is 2.95. The average molecular weight is 307 g/mol. The molecule has 23 heavy (non-hydrogen) atoms. The largest absolute Gasteiger partial charge is 0.618 e. The summed E-state index contributed by atoms with van der Waals surface area (Å²) in [5.74, 6) is -0.333. The lowest BCUT2D eigenvalue weighted by Crippen LogP contribution is -2.16. The van der Waals surface area contributed by atoms with E-state index in [0.29, 0.717) is 12.1 Å². The van der Waals surface area contributed by atoms with Crippen LogP contribution < -0.4 is 0 Å². The van der Waals surface area contributed by atoms with Crippen LogP contribution in [0.1, 0.15) is 42.3 Å². The van der Waals surface area contributed by atoms with Crippen LogP contribution in [-0.2, 0) is 11.8 Å². The monoisotopic (exact) mass is 307 g/mol. The van der Waals surface area contributed by atoms with E-state index in [1.807, 2.05) is 48.5 Å². The molecule has 0 radical (unpaired) electrons. The molecule has 2 aromatic rings. The van der Waals surface area contributed by atoms with Crippen LogP contribution in [0.5, 0.6) is 0 Å². The number of rotatable bonds is 2. The van der Waals surface area contributed by atoms with Crippen molar-refractivity contribution >= 4 is 17.7 Å². The van der Waals surface area contributed by atoms with Crippen LogP contribution in [0.15, 0.2) is 48.5 Å². The highest BCUT2D eigenvalue weighted by molar-refractivity contribution is 6.09. The van der Waals surface area contributed by atoms with Gasteiger partial charge in [0.05, 0.1) is 0 Å². The second-order valence-corrected chi connectivity index (χ2v) is 7.10. The summed E-state index contributed by atoms with van der Waals surface area (Å²) in [6.45, 7) is 6.41. The number of carbonyl (C=O) groups is 1. The van der Waals surface area contributed by atoms with E-state index in [4.69, 9.17) is 0 Å². The van der Waals surface area contributed by atoms with Crippen molar-refractivity contribution in [1.82, 2.24) is 0 Å². The molecule has 1 aliphatic carbocycles. The van der Waals surface area contributed by atoms with Gasteiger partial charge in [0, 0.05) is 17.7 Å². The van der Waals surface area contributed by atoms with Gasteiger partial charge in [0.2, 0.25) is 5.69 Å². The first kappa shape index (κ1) is 15.5. The van der Waals surface area contributed by atoms with Gasteiger partial charge in [-0.2, -0.15) is 4.74 Å². The lowest BCUT2D eigenvalue weighted by atomic mass is 9.87. The Kier molecular flexibility index (Phi) is 3.80. The second-order valence-electron chi connectivity index (χ2n) is 7.10. The van der Waals surface area contributed by atoms with Gasteiger partial charge in [-0.05, 0) is 23.0 Å². The quantitative estimate of drug-likeness (QED) is 0.360. The van der Waals surface area contributed by atoms with E-state index in [0.717, 1.165) is 15.9 Å². The Labute approximate surface area is 136 Å². The molecule has 0 heterocycles. The Morgan fingerprint density at radius 2 is 1.74 bits per heavy atom. The number of hydrogen-bond acceptors (Lipinski definition) is 2. The first-order valence-electron chi connectivity index (χ1n) is 7.90. The minimum Gasteiger partial charge on any atom is -0.618 e. The summed E-state index contributed by atoms with van der Waals surface area (Å²) in [5.41, 5.74) is 3.56. The van der Waals surface area contributed by atoms with Gasteiger partial charge in [-0.25, -0.2) is 0 Å². The first-order valence-corrected chi connectivity index (χ1v) is 7.90. The topological polar surface area (TPSA) is 43.1 Å². The zero-order valence-corrected chi connectivity index (χ0v) is 13.7. The van der Waals surface area contributed by atoms with Crippen LogP contribution >= 0.6 is 0 Å². The fourth-order valence-electron chi connectivity index (χ4n) is 2.95. The molecule has 3 rings (SSSR count). The number of Topliss-reactive ketones (excluding diaryl/α,β-unsaturated/α-hetero) is 1. The Bertz CT molecular complexity index is 767. The molecule has 3 nitrogen and oxygen atoms in total. The Hall–Kier alpha value is -2.42. The molecule has 0 saturated carbocycles. The fraction of sp³-hybridized carbons (Fsp3) is 0.300. The molecule has 0 spiro atoms. The molecule has 1 aliphatic rings. The maximum Gasteiger partial charge on any atom is 0.216 e. The third-order valence-electron chi connectivity index (χ3n) is 4.36. The first-order chi connectivity index (χ1) is 10.9. The van der Waals surface area contributed by atoms with E-state index in [1.165, 1.54) is 11.8 Å². The van der Waals surface area contributed by atoms with Gasteiger partial charge in [-0.15, -0.1) is 0 Å². The van der Waals surface area contributed by atoms with Gasteiger partial charge in [-0.3, -0.25) is 4.79 Å². The van der Waals surface area contributed by atoms with E-state index >= 15 is 0 Å². The SMILES string of the molecule is CC(C)(C)c1ccc(/[N+]([O-])=C/C2Cc3ccccc3C2=O)cc1. The average Bonchev–Trinajstić information content (AvgIpc) is 2.83. The van der Waals surface area contributed by atoms with Gasteiger partial charge in [0.25, 0.3) is 0 Å². The Morgan fingerprint density at radius 1 is 1.09 bits per heavy atom. The third-order valence-corrected chi connectivity index (χ3v) is 4.36. The van der Waals surface area contributed by atoms with Crippen molar-refractivity contribution in [2.24, 2.45) is 5.92 Å². The summed E-state index contributed by atoms with van der Waals surface area (Å²) in [6.07, 6.45) is 2.10. The predicted molar refractivity (Wildman–Crippen MR) is 92.5 cm³/mol. The lowest BCUT2D eigenvalue weighted by molar-refractivity contribution is -0.357. The van der Waals surface area contributed by atoms with Crippen molar-refractivity contribution in [2.75, 3.05) is 0 Å². The Morgan fingerprint density at radius 3 is 2.35 bits per heavy atom. The molecule has 0 saturated heterocycles. The summed E-state index contributed by atoms with van der Waals surface area (Å²) in [5, 5.41) is 12.4. The second kappa shape index (κ2) is 5.65. The van der Waals surface area contributed by atoms with Crippen molar-refractivity contribution in [3.8, 4) is 0 Å². The molecule has 0 N–H and O–H groups in total. The number of ketones is 1. The van der Waals surface area contributed by atoms with Gasteiger partial charge in [0.15, 0.2) is 12.0 Å². The third kappa shape index (κ3) is 3.04. The maximum absolute atomic E-state index is 12.4. The molecule has 0 aliphatic heterocycles. The van der Waals surface area contributed by atoms with Crippen LogP contribution in [0, 0.1) is 11.1 Å². The zero-order valence-electron chi connectivity index (χ0n) is 13.7. The molecule has 1 unspecified atom stereocenters. The van der Waals surface area contributed by atoms with E-state index in [-0.39, 0.29) is 17.1 Å². The van der Waals surface area contributed by atoms with Crippen molar-refractivity contribution < 1.29 is 9.53 Å². The molecule has 3 heteroatoms. The van der Waals surface area contributed by atoms with Crippen molar-refractivity contribution in [1.29, 1.82) is 0 Å². The number of fused-ring (bicyclic) bond motifs is 1. The summed E-state index contributed by atoms with van der Waals surface area (Å²) < 4.78 is 0.820. The van der Waals surface area contributed by atoms with Crippen LogP contribution in [0.2, 0.25) is 0 Å². The molecule has 118 valence electrons. The van der Waals surface area contributed by atoms with Crippen molar-refractivity contribution in [3.05, 3.63) is 70.4 Å². The molecule has 0 amide bonds. The number of benzene rings is 2. The van der Waals surface area contributed by atoms with Crippen LogP contribution in [0.4, 0.5) is 5.69 Å². The highest BCUT2D eigenvalue weighted by atomic mass is 16.5. The maximum atomic E-state index is 12.4. The number of hydrogen-bond donors (Lipinski definition) is 0. The smallest absolute Gasteiger partial charge is 0.216 e. The van der Waals surface area contributed by atoms with E-state index in [9.17, 15) is 10.0 Å². The predicted octanol–water partition coefficient (Wildman–Crippen LogP) is 4.25. The molecular formula is C20H21NO2. The van der Waals surface area contributed by atoms with Gasteiger partial charge in [0.1, 0.15) is 5.92 Å². The summed E-state index contributed by atoms with van der Waals surface area (Å²) in [7, 11) is 0. The highest BCUT2D eigenvalue weighted by Crippen LogP contribution is 2.27. The van der Waals surface area contributed by atoms with E-state index in [2.05, 4.69) is 20.8 Å². The molecular weight excluding hydrogens is 286 g/mol. The van der Waals surface area contributed by atoms with Crippen molar-refractivity contribution in [3.63, 3.8) is 0 Å². The van der Waals surface area contributed by atoms with Crippen molar-refractivity contribution in [2.45, 2.75) is 32.6 Å². The van der Waals surface area contributed by atoms with Gasteiger partial charge >= 0.3 is 0 Å². The van der Waals surface area contributed by atoms with Crippen LogP contribution in [0.25, 0.3) is 0 Å². The van der Waals surface area contributed by atoms with Crippen LogP contribution in [-0.4, -0.2) is 16.7 Å².